The number of hydrogen-bond donors (Lipinski definition) is 0. The van der Waals surface area contributed by atoms with Crippen molar-refractivity contribution >= 4 is 34.8 Å². The van der Waals surface area contributed by atoms with Gasteiger partial charge in [0.1, 0.15) is 6.10 Å². The Balaban J connectivity index is 1.62. The van der Waals surface area contributed by atoms with Crippen LogP contribution in [-0.2, 0) is 9.63 Å². The number of amides is 1. The Morgan fingerprint density at radius 2 is 1.33 bits per heavy atom. The van der Waals surface area contributed by atoms with Crippen molar-refractivity contribution in [1.82, 2.24) is 4.90 Å². The van der Waals surface area contributed by atoms with E-state index in [4.69, 9.17) is 28.0 Å². The minimum absolute atomic E-state index is 0.132. The highest BCUT2D eigenvalue weighted by Crippen LogP contribution is 2.50. The Morgan fingerprint density at radius 1 is 0.758 bits per heavy atom. The van der Waals surface area contributed by atoms with Crippen LogP contribution < -0.4 is 5.06 Å². The van der Waals surface area contributed by atoms with Gasteiger partial charge in [0, 0.05) is 23.1 Å². The highest BCUT2D eigenvalue weighted by atomic mass is 35.5. The third-order valence-electron chi connectivity index (χ3n) is 6.52. The van der Waals surface area contributed by atoms with E-state index in [9.17, 15) is 4.79 Å². The maximum Gasteiger partial charge on any atom is 0.231 e. The van der Waals surface area contributed by atoms with Gasteiger partial charge in [-0.25, -0.2) is 5.06 Å². The van der Waals surface area contributed by atoms with Crippen molar-refractivity contribution in [2.75, 3.05) is 18.2 Å². The number of hydroxylamine groups is 1. The fraction of sp³-hybridized carbons (Fsp3) is 0.296. The zero-order valence-corrected chi connectivity index (χ0v) is 19.8. The third kappa shape index (κ3) is 4.61. The van der Waals surface area contributed by atoms with Crippen LogP contribution >= 0.6 is 23.2 Å². The van der Waals surface area contributed by atoms with Gasteiger partial charge in [-0.1, -0.05) is 65.7 Å². The number of halogens is 2. The molecule has 0 aromatic heterocycles. The summed E-state index contributed by atoms with van der Waals surface area (Å²) in [5, 5.41) is 3.22. The summed E-state index contributed by atoms with van der Waals surface area (Å²) in [6.07, 6.45) is 2.82. The first-order valence-corrected chi connectivity index (χ1v) is 12.2. The molecule has 0 N–H and O–H groups in total. The van der Waals surface area contributed by atoms with Crippen molar-refractivity contribution in [1.29, 1.82) is 0 Å². The summed E-state index contributed by atoms with van der Waals surface area (Å²) in [5.41, 5.74) is 2.84. The molecular weight excluding hydrogens is 455 g/mol. The summed E-state index contributed by atoms with van der Waals surface area (Å²) in [6, 6.07) is 25.0. The first-order chi connectivity index (χ1) is 16.1. The van der Waals surface area contributed by atoms with Crippen LogP contribution in [0.4, 0.5) is 5.69 Å². The van der Waals surface area contributed by atoms with E-state index in [-0.39, 0.29) is 11.9 Å². The van der Waals surface area contributed by atoms with Crippen molar-refractivity contribution in [3.05, 3.63) is 100 Å². The molecule has 0 bridgehead atoms. The van der Waals surface area contributed by atoms with Crippen molar-refractivity contribution in [2.24, 2.45) is 5.92 Å². The molecule has 3 atom stereocenters. The van der Waals surface area contributed by atoms with E-state index < -0.39 is 12.0 Å². The van der Waals surface area contributed by atoms with Crippen molar-refractivity contribution in [3.8, 4) is 0 Å². The van der Waals surface area contributed by atoms with Gasteiger partial charge in [-0.05, 0) is 66.8 Å². The zero-order valence-electron chi connectivity index (χ0n) is 18.2. The summed E-state index contributed by atoms with van der Waals surface area (Å²) < 4.78 is 0. The number of nitrogens with zero attached hydrogens (tertiary/aromatic N) is 2. The van der Waals surface area contributed by atoms with Gasteiger partial charge in [0.05, 0.1) is 17.6 Å². The lowest BCUT2D eigenvalue weighted by molar-refractivity contribution is -0.138. The first kappa shape index (κ1) is 22.3. The summed E-state index contributed by atoms with van der Waals surface area (Å²) in [5.74, 6) is -0.279. The monoisotopic (exact) mass is 480 g/mol. The SMILES string of the molecule is O=C([C@H]1[C@H](c2ccc(Cl)cc2)ON(c2ccccc2)[C@H]1c1ccc(Cl)cc1)N1CCCCC1. The van der Waals surface area contributed by atoms with E-state index in [1.807, 2.05) is 88.8 Å². The highest BCUT2D eigenvalue weighted by Gasteiger charge is 2.50. The molecule has 2 aliphatic heterocycles. The van der Waals surface area contributed by atoms with Crippen LogP contribution in [0.3, 0.4) is 0 Å². The van der Waals surface area contributed by atoms with Gasteiger partial charge in [-0.2, -0.15) is 0 Å². The minimum atomic E-state index is -0.433. The number of benzene rings is 3. The smallest absolute Gasteiger partial charge is 0.231 e. The molecule has 3 aromatic carbocycles. The average molecular weight is 481 g/mol. The maximum absolute atomic E-state index is 14.0. The second-order valence-electron chi connectivity index (χ2n) is 8.65. The summed E-state index contributed by atoms with van der Waals surface area (Å²) in [6.45, 7) is 1.59. The standard InChI is InChI=1S/C27H26Cl2N2O2/c28-21-13-9-19(10-14-21)25-24(27(32)30-17-5-2-6-18-30)26(20-11-15-22(29)16-12-20)33-31(25)23-7-3-1-4-8-23/h1,3-4,7-16,24-26H,2,5-6,17-18H2/t24-,25+,26+/m1/s1. The molecule has 5 rings (SSSR count). The van der Waals surface area contributed by atoms with Gasteiger partial charge in [-0.15, -0.1) is 0 Å². The number of carbonyl (C=O) groups is 1. The summed E-state index contributed by atoms with van der Waals surface area (Å²) >= 11 is 12.4. The Hall–Kier alpha value is -2.53. The number of piperidine rings is 1. The lowest BCUT2D eigenvalue weighted by Crippen LogP contribution is -2.42. The van der Waals surface area contributed by atoms with Crippen LogP contribution in [0.5, 0.6) is 0 Å². The molecule has 2 aliphatic rings. The van der Waals surface area contributed by atoms with Gasteiger partial charge in [0.25, 0.3) is 0 Å². The molecular formula is C27H26Cl2N2O2. The second-order valence-corrected chi connectivity index (χ2v) is 9.52. The largest absolute Gasteiger partial charge is 0.342 e. The second kappa shape index (κ2) is 9.76. The number of carbonyl (C=O) groups excluding carboxylic acids is 1. The quantitative estimate of drug-likeness (QED) is 0.408. The van der Waals surface area contributed by atoms with E-state index in [1.54, 1.807) is 0 Å². The van der Waals surface area contributed by atoms with E-state index in [0.717, 1.165) is 42.7 Å². The molecule has 2 fully saturated rings. The van der Waals surface area contributed by atoms with Crippen LogP contribution in [0.25, 0.3) is 0 Å². The maximum atomic E-state index is 14.0. The fourth-order valence-corrected chi connectivity index (χ4v) is 5.13. The Labute approximate surface area is 204 Å². The predicted octanol–water partition coefficient (Wildman–Crippen LogP) is 6.86. The van der Waals surface area contributed by atoms with Crippen molar-refractivity contribution in [2.45, 2.75) is 31.4 Å². The third-order valence-corrected chi connectivity index (χ3v) is 7.02. The normalized spacial score (nSPS) is 23.0. The molecule has 0 aliphatic carbocycles. The molecule has 3 aromatic rings. The molecule has 2 heterocycles. The number of para-hydroxylation sites is 1. The van der Waals surface area contributed by atoms with Gasteiger partial charge in [0.15, 0.2) is 0 Å². The Bertz CT molecular complexity index is 1080. The predicted molar refractivity (Wildman–Crippen MR) is 132 cm³/mol. The van der Waals surface area contributed by atoms with Gasteiger partial charge >= 0.3 is 0 Å². The topological polar surface area (TPSA) is 32.8 Å². The molecule has 0 saturated carbocycles. The number of rotatable bonds is 4. The molecule has 33 heavy (non-hydrogen) atoms. The molecule has 0 unspecified atom stereocenters. The zero-order chi connectivity index (χ0) is 22.8. The lowest BCUT2D eigenvalue weighted by atomic mass is 9.84. The molecule has 0 spiro atoms. The molecule has 170 valence electrons. The molecule has 0 radical (unpaired) electrons. The van der Waals surface area contributed by atoms with E-state index >= 15 is 0 Å². The minimum Gasteiger partial charge on any atom is -0.342 e. The highest BCUT2D eigenvalue weighted by molar-refractivity contribution is 6.30. The van der Waals surface area contributed by atoms with Crippen LogP contribution in [0.2, 0.25) is 10.0 Å². The van der Waals surface area contributed by atoms with Gasteiger partial charge in [0.2, 0.25) is 5.91 Å². The van der Waals surface area contributed by atoms with Crippen LogP contribution in [0, 0.1) is 5.92 Å². The van der Waals surface area contributed by atoms with E-state index in [0.29, 0.717) is 10.0 Å². The summed E-state index contributed by atoms with van der Waals surface area (Å²) in [4.78, 5) is 22.7. The number of anilines is 1. The van der Waals surface area contributed by atoms with Crippen LogP contribution in [0.1, 0.15) is 42.5 Å². The molecule has 2 saturated heterocycles. The number of likely N-dealkylation sites (tertiary alicyclic amines) is 1. The molecule has 6 heteroatoms. The van der Waals surface area contributed by atoms with Gasteiger partial charge < -0.3 is 4.90 Å². The lowest BCUT2D eigenvalue weighted by Gasteiger charge is -2.33. The molecule has 1 amide bonds. The summed E-state index contributed by atoms with van der Waals surface area (Å²) in [7, 11) is 0. The van der Waals surface area contributed by atoms with E-state index in [2.05, 4.69) is 0 Å². The Morgan fingerprint density at radius 3 is 1.94 bits per heavy atom. The first-order valence-electron chi connectivity index (χ1n) is 11.4. The van der Waals surface area contributed by atoms with Crippen molar-refractivity contribution in [3.63, 3.8) is 0 Å². The fourth-order valence-electron chi connectivity index (χ4n) is 4.87. The van der Waals surface area contributed by atoms with Crippen LogP contribution in [-0.4, -0.2) is 23.9 Å². The van der Waals surface area contributed by atoms with Gasteiger partial charge in [-0.3, -0.25) is 9.63 Å². The molecule has 4 nitrogen and oxygen atoms in total. The number of hydrogen-bond acceptors (Lipinski definition) is 3. The average Bonchev–Trinajstić information content (AvgIpc) is 3.26. The van der Waals surface area contributed by atoms with Crippen molar-refractivity contribution < 1.29 is 9.63 Å². The Kier molecular flexibility index (Phi) is 6.59. The van der Waals surface area contributed by atoms with E-state index in [1.165, 1.54) is 6.42 Å². The van der Waals surface area contributed by atoms with Crippen LogP contribution in [0.15, 0.2) is 78.9 Å².